The second-order valence-electron chi connectivity index (χ2n) is 2.86. The number of amides is 1. The number of nitrogens with zero attached hydrogens (tertiary/aromatic N) is 3. The minimum atomic E-state index is -0.475. The van der Waals surface area contributed by atoms with E-state index < -0.39 is 5.91 Å². The summed E-state index contributed by atoms with van der Waals surface area (Å²) in [5.41, 5.74) is 5.91. The molecule has 0 fully saturated rings. The molecule has 0 radical (unpaired) electrons. The molecule has 2 heterocycles. The van der Waals surface area contributed by atoms with Crippen LogP contribution >= 0.6 is 11.6 Å². The number of hydrogen-bond donors (Lipinski definition) is 3. The number of carbonyl (C=O) groups is 1. The van der Waals surface area contributed by atoms with Gasteiger partial charge in [0.2, 0.25) is 5.95 Å². The lowest BCUT2D eigenvalue weighted by molar-refractivity contribution is 0.102. The second kappa shape index (κ2) is 4.15. The molecule has 0 aromatic carbocycles. The van der Waals surface area contributed by atoms with E-state index in [2.05, 4.69) is 25.5 Å². The van der Waals surface area contributed by atoms with Crippen LogP contribution in [0.1, 0.15) is 10.5 Å². The first-order valence-corrected chi connectivity index (χ1v) is 4.63. The largest absolute Gasteiger partial charge is 0.396 e. The van der Waals surface area contributed by atoms with Crippen LogP contribution in [-0.4, -0.2) is 26.1 Å². The molecule has 2 aromatic rings. The Balaban J connectivity index is 2.17. The summed E-state index contributed by atoms with van der Waals surface area (Å²) in [6.45, 7) is 0. The van der Waals surface area contributed by atoms with Gasteiger partial charge in [0.15, 0.2) is 0 Å². The van der Waals surface area contributed by atoms with Crippen LogP contribution < -0.4 is 11.1 Å². The second-order valence-corrected chi connectivity index (χ2v) is 3.24. The van der Waals surface area contributed by atoms with Gasteiger partial charge in [-0.15, -0.1) is 0 Å². The van der Waals surface area contributed by atoms with Crippen molar-refractivity contribution in [2.45, 2.75) is 0 Å². The summed E-state index contributed by atoms with van der Waals surface area (Å²) < 4.78 is 0. The highest BCUT2D eigenvalue weighted by molar-refractivity contribution is 6.29. The Morgan fingerprint density at radius 3 is 3.00 bits per heavy atom. The molecule has 0 atom stereocenters. The highest BCUT2D eigenvalue weighted by Gasteiger charge is 2.12. The number of anilines is 2. The van der Waals surface area contributed by atoms with Gasteiger partial charge in [0.05, 0.1) is 11.9 Å². The summed E-state index contributed by atoms with van der Waals surface area (Å²) in [5, 5.41) is 8.76. The van der Waals surface area contributed by atoms with E-state index in [1.807, 2.05) is 0 Å². The number of halogens is 1. The summed E-state index contributed by atoms with van der Waals surface area (Å²) in [4.78, 5) is 19.2. The number of rotatable bonds is 2. The van der Waals surface area contributed by atoms with Crippen molar-refractivity contribution < 1.29 is 4.79 Å². The molecular formula is C8H7ClN6O. The quantitative estimate of drug-likeness (QED) is 0.667. The summed E-state index contributed by atoms with van der Waals surface area (Å²) in [7, 11) is 0. The normalized spacial score (nSPS) is 10.1. The van der Waals surface area contributed by atoms with E-state index in [9.17, 15) is 4.79 Å². The van der Waals surface area contributed by atoms with E-state index in [0.717, 1.165) is 0 Å². The Morgan fingerprint density at radius 1 is 1.56 bits per heavy atom. The zero-order valence-electron chi connectivity index (χ0n) is 7.94. The molecule has 7 nitrogen and oxygen atoms in total. The lowest BCUT2D eigenvalue weighted by Gasteiger charge is -2.01. The van der Waals surface area contributed by atoms with Crippen LogP contribution in [0.25, 0.3) is 0 Å². The van der Waals surface area contributed by atoms with Crippen molar-refractivity contribution >= 4 is 29.1 Å². The maximum atomic E-state index is 11.6. The summed E-state index contributed by atoms with van der Waals surface area (Å²) in [6, 6.07) is 1.50. The minimum absolute atomic E-state index is 0.103. The Hall–Kier alpha value is -2.15. The first kappa shape index (κ1) is 10.4. The van der Waals surface area contributed by atoms with Crippen molar-refractivity contribution in [3.63, 3.8) is 0 Å². The van der Waals surface area contributed by atoms with Gasteiger partial charge in [0.1, 0.15) is 10.8 Å². The molecule has 0 aliphatic heterocycles. The molecule has 1 amide bonds. The number of nitrogens with one attached hydrogen (secondary N) is 2. The van der Waals surface area contributed by atoms with Crippen molar-refractivity contribution in [1.82, 2.24) is 20.2 Å². The number of aromatic nitrogens is 4. The molecular weight excluding hydrogens is 232 g/mol. The van der Waals surface area contributed by atoms with E-state index in [0.29, 0.717) is 0 Å². The third-order valence-corrected chi connectivity index (χ3v) is 1.95. The Morgan fingerprint density at radius 2 is 2.38 bits per heavy atom. The number of H-pyrrole nitrogens is 1. The van der Waals surface area contributed by atoms with Gasteiger partial charge in [-0.25, -0.2) is 9.97 Å². The van der Waals surface area contributed by atoms with Crippen molar-refractivity contribution in [2.24, 2.45) is 0 Å². The average Bonchev–Trinajstić information content (AvgIpc) is 2.64. The number of hydrogen-bond acceptors (Lipinski definition) is 5. The van der Waals surface area contributed by atoms with E-state index in [4.69, 9.17) is 17.3 Å². The van der Waals surface area contributed by atoms with E-state index >= 15 is 0 Å². The van der Waals surface area contributed by atoms with Gasteiger partial charge in [-0.1, -0.05) is 11.6 Å². The average molecular weight is 239 g/mol. The standard InChI is InChI=1S/C8H7ClN6O/c9-5-1-2-11-8(13-5)14-7(16)6-4(10)3-12-15-6/h1-3H,10H2,(H,12,15)(H,11,13,14,16). The Labute approximate surface area is 95.0 Å². The Kier molecular flexibility index (Phi) is 2.69. The van der Waals surface area contributed by atoms with Crippen LogP contribution in [0.3, 0.4) is 0 Å². The van der Waals surface area contributed by atoms with E-state index in [1.165, 1.54) is 18.5 Å². The molecule has 8 heteroatoms. The van der Waals surface area contributed by atoms with E-state index in [-0.39, 0.29) is 22.5 Å². The minimum Gasteiger partial charge on any atom is -0.396 e. The molecule has 0 bridgehead atoms. The zero-order chi connectivity index (χ0) is 11.5. The number of nitrogens with two attached hydrogens (primary N) is 1. The first-order chi connectivity index (χ1) is 7.66. The first-order valence-electron chi connectivity index (χ1n) is 4.25. The van der Waals surface area contributed by atoms with Crippen molar-refractivity contribution in [3.05, 3.63) is 29.3 Å². The van der Waals surface area contributed by atoms with E-state index in [1.54, 1.807) is 0 Å². The van der Waals surface area contributed by atoms with Crippen LogP contribution in [0.5, 0.6) is 0 Å². The Bertz CT molecular complexity index is 525. The topological polar surface area (TPSA) is 110 Å². The monoisotopic (exact) mass is 238 g/mol. The van der Waals surface area contributed by atoms with Gasteiger partial charge < -0.3 is 5.73 Å². The van der Waals surface area contributed by atoms with Crippen molar-refractivity contribution in [3.8, 4) is 0 Å². The highest BCUT2D eigenvalue weighted by Crippen LogP contribution is 2.10. The SMILES string of the molecule is Nc1cn[nH]c1C(=O)Nc1nccc(Cl)n1. The fraction of sp³-hybridized carbons (Fsp3) is 0. The molecule has 82 valence electrons. The van der Waals surface area contributed by atoms with Crippen LogP contribution in [0.15, 0.2) is 18.5 Å². The molecule has 0 saturated carbocycles. The van der Waals surface area contributed by atoms with Crippen LogP contribution in [0.4, 0.5) is 11.6 Å². The predicted octanol–water partition coefficient (Wildman–Crippen LogP) is 0.688. The molecule has 0 spiro atoms. The molecule has 2 rings (SSSR count). The molecule has 0 aliphatic rings. The summed E-state index contributed by atoms with van der Waals surface area (Å²) in [5.74, 6) is -0.372. The third kappa shape index (κ3) is 2.09. The zero-order valence-corrected chi connectivity index (χ0v) is 8.69. The van der Waals surface area contributed by atoms with Crippen LogP contribution in [0.2, 0.25) is 5.15 Å². The van der Waals surface area contributed by atoms with Gasteiger partial charge in [-0.3, -0.25) is 15.2 Å². The number of aromatic amines is 1. The molecule has 16 heavy (non-hydrogen) atoms. The lowest BCUT2D eigenvalue weighted by Crippen LogP contribution is -2.16. The van der Waals surface area contributed by atoms with Gasteiger partial charge in [-0.2, -0.15) is 5.10 Å². The van der Waals surface area contributed by atoms with Crippen molar-refractivity contribution in [2.75, 3.05) is 11.1 Å². The van der Waals surface area contributed by atoms with Crippen molar-refractivity contribution in [1.29, 1.82) is 0 Å². The molecule has 4 N–H and O–H groups in total. The fourth-order valence-corrected chi connectivity index (χ4v) is 1.17. The number of carbonyl (C=O) groups excluding carboxylic acids is 1. The predicted molar refractivity (Wildman–Crippen MR) is 58.0 cm³/mol. The smallest absolute Gasteiger partial charge is 0.278 e. The molecule has 0 saturated heterocycles. The molecule has 2 aromatic heterocycles. The highest BCUT2D eigenvalue weighted by atomic mass is 35.5. The maximum Gasteiger partial charge on any atom is 0.278 e. The van der Waals surface area contributed by atoms with Crippen LogP contribution in [-0.2, 0) is 0 Å². The summed E-state index contributed by atoms with van der Waals surface area (Å²) >= 11 is 5.64. The van der Waals surface area contributed by atoms with Gasteiger partial charge in [0, 0.05) is 6.20 Å². The van der Waals surface area contributed by atoms with Gasteiger partial charge >= 0.3 is 0 Å². The maximum absolute atomic E-state index is 11.6. The lowest BCUT2D eigenvalue weighted by atomic mass is 10.3. The third-order valence-electron chi connectivity index (χ3n) is 1.74. The van der Waals surface area contributed by atoms with Crippen LogP contribution in [0, 0.1) is 0 Å². The molecule has 0 aliphatic carbocycles. The van der Waals surface area contributed by atoms with Gasteiger partial charge in [0.25, 0.3) is 5.91 Å². The molecule has 0 unspecified atom stereocenters. The van der Waals surface area contributed by atoms with Gasteiger partial charge in [-0.05, 0) is 6.07 Å². The fourth-order valence-electron chi connectivity index (χ4n) is 1.04. The summed E-state index contributed by atoms with van der Waals surface area (Å²) in [6.07, 6.45) is 2.77. The number of nitrogen functional groups attached to an aromatic ring is 1.